The standard InChI is InChI=1S/C17H29N7O/c1-25-17-20-15(18-12-14-13-22-8-10-23(14)11-9-22)19-16(21-17)24-6-4-2-3-5-7-24/h14H,2-13H2,1H3,(H,18,19,20,21). The second kappa shape index (κ2) is 7.70. The third-order valence-corrected chi connectivity index (χ3v) is 5.56. The molecule has 0 radical (unpaired) electrons. The molecule has 0 aliphatic carbocycles. The van der Waals surface area contributed by atoms with Crippen molar-refractivity contribution in [2.24, 2.45) is 0 Å². The van der Waals surface area contributed by atoms with Gasteiger partial charge in [0, 0.05) is 58.4 Å². The number of piperazine rings is 3. The normalized spacial score (nSPS) is 29.3. The minimum atomic E-state index is 0.394. The van der Waals surface area contributed by atoms with Crippen LogP contribution in [0.3, 0.4) is 0 Å². The predicted molar refractivity (Wildman–Crippen MR) is 97.4 cm³/mol. The first-order valence-electron chi connectivity index (χ1n) is 9.57. The highest BCUT2D eigenvalue weighted by Gasteiger charge is 2.31. The molecule has 4 fully saturated rings. The van der Waals surface area contributed by atoms with Gasteiger partial charge < -0.3 is 15.0 Å². The van der Waals surface area contributed by atoms with Crippen LogP contribution >= 0.6 is 0 Å². The Labute approximate surface area is 149 Å². The number of aromatic nitrogens is 3. The maximum absolute atomic E-state index is 5.31. The van der Waals surface area contributed by atoms with Gasteiger partial charge in [0.2, 0.25) is 11.9 Å². The molecule has 1 N–H and O–H groups in total. The van der Waals surface area contributed by atoms with Crippen LogP contribution in [0, 0.1) is 0 Å². The zero-order chi connectivity index (χ0) is 17.1. The van der Waals surface area contributed by atoms with Crippen molar-refractivity contribution < 1.29 is 4.74 Å². The Kier molecular flexibility index (Phi) is 5.17. The Morgan fingerprint density at radius 1 is 0.960 bits per heavy atom. The molecule has 5 rings (SSSR count). The molecule has 25 heavy (non-hydrogen) atoms. The van der Waals surface area contributed by atoms with E-state index in [1.54, 1.807) is 7.11 Å². The highest BCUT2D eigenvalue weighted by atomic mass is 16.5. The second-order valence-electron chi connectivity index (χ2n) is 7.22. The minimum Gasteiger partial charge on any atom is -0.467 e. The first kappa shape index (κ1) is 16.8. The van der Waals surface area contributed by atoms with E-state index in [1.165, 1.54) is 51.9 Å². The first-order valence-corrected chi connectivity index (χ1v) is 9.57. The number of fused-ring (bicyclic) bond motifs is 3. The molecular weight excluding hydrogens is 318 g/mol. The average Bonchev–Trinajstić information content (AvgIpc) is 2.96. The molecule has 1 atom stereocenters. The lowest BCUT2D eigenvalue weighted by Gasteiger charge is -2.47. The molecule has 1 aromatic rings. The molecule has 2 bridgehead atoms. The molecule has 4 aliphatic heterocycles. The summed E-state index contributed by atoms with van der Waals surface area (Å²) < 4.78 is 5.31. The van der Waals surface area contributed by atoms with E-state index in [0.29, 0.717) is 18.0 Å². The van der Waals surface area contributed by atoms with Crippen LogP contribution in [0.15, 0.2) is 0 Å². The van der Waals surface area contributed by atoms with Crippen molar-refractivity contribution in [2.45, 2.75) is 31.7 Å². The molecule has 0 spiro atoms. The zero-order valence-corrected chi connectivity index (χ0v) is 15.2. The summed E-state index contributed by atoms with van der Waals surface area (Å²) in [7, 11) is 1.62. The number of anilines is 2. The molecule has 138 valence electrons. The van der Waals surface area contributed by atoms with E-state index in [2.05, 4.69) is 35.0 Å². The van der Waals surface area contributed by atoms with Crippen LogP contribution < -0.4 is 15.0 Å². The lowest BCUT2D eigenvalue weighted by atomic mass is 10.1. The highest BCUT2D eigenvalue weighted by Crippen LogP contribution is 2.20. The summed E-state index contributed by atoms with van der Waals surface area (Å²) in [4.78, 5) is 20.9. The maximum Gasteiger partial charge on any atom is 0.322 e. The largest absolute Gasteiger partial charge is 0.467 e. The van der Waals surface area contributed by atoms with Gasteiger partial charge >= 0.3 is 6.01 Å². The average molecular weight is 347 g/mol. The lowest BCUT2D eigenvalue weighted by Crippen LogP contribution is -2.62. The highest BCUT2D eigenvalue weighted by molar-refractivity contribution is 5.38. The number of hydrogen-bond donors (Lipinski definition) is 1. The summed E-state index contributed by atoms with van der Waals surface area (Å²) in [6, 6.07) is 0.929. The monoisotopic (exact) mass is 347 g/mol. The van der Waals surface area contributed by atoms with Crippen LogP contribution in [0.1, 0.15) is 25.7 Å². The van der Waals surface area contributed by atoms with Gasteiger partial charge in [-0.1, -0.05) is 12.8 Å². The van der Waals surface area contributed by atoms with Gasteiger partial charge in [0.1, 0.15) is 0 Å². The van der Waals surface area contributed by atoms with Crippen LogP contribution in [-0.2, 0) is 0 Å². The summed E-state index contributed by atoms with van der Waals surface area (Å²) >= 11 is 0. The minimum absolute atomic E-state index is 0.394. The summed E-state index contributed by atoms with van der Waals surface area (Å²) in [5.41, 5.74) is 0. The van der Waals surface area contributed by atoms with Gasteiger partial charge in [0.05, 0.1) is 7.11 Å². The number of rotatable bonds is 5. The van der Waals surface area contributed by atoms with E-state index in [9.17, 15) is 0 Å². The maximum atomic E-state index is 5.31. The van der Waals surface area contributed by atoms with Crippen molar-refractivity contribution in [1.29, 1.82) is 0 Å². The first-order chi connectivity index (χ1) is 12.3. The van der Waals surface area contributed by atoms with E-state index in [0.717, 1.165) is 32.1 Å². The van der Waals surface area contributed by atoms with Crippen LogP contribution in [0.2, 0.25) is 0 Å². The van der Waals surface area contributed by atoms with Crippen LogP contribution in [0.25, 0.3) is 0 Å². The van der Waals surface area contributed by atoms with Crippen molar-refractivity contribution in [3.8, 4) is 6.01 Å². The SMILES string of the molecule is COc1nc(NCC2CN3CCN2CC3)nc(N2CCCCCC2)n1. The van der Waals surface area contributed by atoms with Crippen molar-refractivity contribution in [2.75, 3.05) is 69.7 Å². The summed E-state index contributed by atoms with van der Waals surface area (Å²) in [6.07, 6.45) is 4.98. The van der Waals surface area contributed by atoms with Crippen molar-refractivity contribution in [1.82, 2.24) is 24.8 Å². The molecule has 1 unspecified atom stereocenters. The van der Waals surface area contributed by atoms with Gasteiger partial charge in [0.25, 0.3) is 0 Å². The fourth-order valence-corrected chi connectivity index (χ4v) is 4.06. The number of nitrogens with one attached hydrogen (secondary N) is 1. The summed E-state index contributed by atoms with van der Waals surface area (Å²) in [5, 5.41) is 3.43. The smallest absolute Gasteiger partial charge is 0.322 e. The summed E-state index contributed by atoms with van der Waals surface area (Å²) in [6.45, 7) is 8.77. The lowest BCUT2D eigenvalue weighted by molar-refractivity contribution is 0.0189. The Morgan fingerprint density at radius 3 is 2.36 bits per heavy atom. The third kappa shape index (κ3) is 3.95. The van der Waals surface area contributed by atoms with Crippen molar-refractivity contribution in [3.63, 3.8) is 0 Å². The van der Waals surface area contributed by atoms with Gasteiger partial charge in [-0.2, -0.15) is 15.0 Å². The van der Waals surface area contributed by atoms with Gasteiger partial charge in [-0.25, -0.2) is 0 Å². The fourth-order valence-electron chi connectivity index (χ4n) is 4.06. The van der Waals surface area contributed by atoms with Gasteiger partial charge in [0.15, 0.2) is 0 Å². The van der Waals surface area contributed by atoms with Crippen LogP contribution in [0.4, 0.5) is 11.9 Å². The predicted octanol–water partition coefficient (Wildman–Crippen LogP) is 0.672. The Morgan fingerprint density at radius 2 is 1.72 bits per heavy atom. The van der Waals surface area contributed by atoms with E-state index in [4.69, 9.17) is 4.74 Å². The Bertz CT molecular complexity index is 568. The zero-order valence-electron chi connectivity index (χ0n) is 15.2. The van der Waals surface area contributed by atoms with Crippen LogP contribution in [-0.4, -0.2) is 90.3 Å². The molecule has 1 aromatic heterocycles. The van der Waals surface area contributed by atoms with E-state index < -0.39 is 0 Å². The molecule has 4 saturated heterocycles. The van der Waals surface area contributed by atoms with Crippen molar-refractivity contribution in [3.05, 3.63) is 0 Å². The summed E-state index contributed by atoms with van der Waals surface area (Å²) in [5.74, 6) is 1.37. The number of methoxy groups -OCH3 is 1. The quantitative estimate of drug-likeness (QED) is 0.834. The Balaban J connectivity index is 1.44. The molecule has 4 aliphatic rings. The molecule has 8 heteroatoms. The van der Waals surface area contributed by atoms with Crippen LogP contribution in [0.5, 0.6) is 6.01 Å². The van der Waals surface area contributed by atoms with Gasteiger partial charge in [-0.15, -0.1) is 0 Å². The van der Waals surface area contributed by atoms with Gasteiger partial charge in [-0.3, -0.25) is 9.80 Å². The topological polar surface area (TPSA) is 69.7 Å². The molecule has 0 saturated carbocycles. The molecule has 8 nitrogen and oxygen atoms in total. The fraction of sp³-hybridized carbons (Fsp3) is 0.824. The van der Waals surface area contributed by atoms with Gasteiger partial charge in [-0.05, 0) is 12.8 Å². The molecule has 5 heterocycles. The Hall–Kier alpha value is -1.67. The van der Waals surface area contributed by atoms with Crippen molar-refractivity contribution >= 4 is 11.9 Å². The number of hydrogen-bond acceptors (Lipinski definition) is 8. The van der Waals surface area contributed by atoms with E-state index >= 15 is 0 Å². The molecule has 0 amide bonds. The number of ether oxygens (including phenoxy) is 1. The van der Waals surface area contributed by atoms with E-state index in [-0.39, 0.29) is 0 Å². The number of nitrogens with zero attached hydrogens (tertiary/aromatic N) is 6. The molecular formula is C17H29N7O. The second-order valence-corrected chi connectivity index (χ2v) is 7.22. The van der Waals surface area contributed by atoms with E-state index in [1.807, 2.05) is 0 Å². The third-order valence-electron chi connectivity index (χ3n) is 5.56. The molecule has 0 aromatic carbocycles.